The van der Waals surface area contributed by atoms with Gasteiger partial charge in [-0.1, -0.05) is 11.6 Å². The predicted octanol–water partition coefficient (Wildman–Crippen LogP) is 2.34. The van der Waals surface area contributed by atoms with Gasteiger partial charge < -0.3 is 10.2 Å². The third-order valence-electron chi connectivity index (χ3n) is 2.58. The SMILES string of the molecule is O=C(O)C(O)=CC(=O)c1nc(S(=O)(=O)c2ccc(Cl)cc2)cs1. The van der Waals surface area contributed by atoms with E-state index >= 15 is 0 Å². The summed E-state index contributed by atoms with van der Waals surface area (Å²) in [6.07, 6.45) is 0.458. The zero-order chi connectivity index (χ0) is 17.2. The second kappa shape index (κ2) is 6.49. The summed E-state index contributed by atoms with van der Waals surface area (Å²) in [6.45, 7) is 0. The lowest BCUT2D eigenvalue weighted by Crippen LogP contribution is -2.05. The third kappa shape index (κ3) is 3.76. The first kappa shape index (κ1) is 17.1. The maximum absolute atomic E-state index is 12.3. The van der Waals surface area contributed by atoms with Crippen LogP contribution >= 0.6 is 22.9 Å². The molecule has 0 spiro atoms. The van der Waals surface area contributed by atoms with E-state index in [1.54, 1.807) is 0 Å². The summed E-state index contributed by atoms with van der Waals surface area (Å²) < 4.78 is 24.7. The summed E-state index contributed by atoms with van der Waals surface area (Å²) in [5, 5.41) is 18.4. The van der Waals surface area contributed by atoms with Gasteiger partial charge in [-0.25, -0.2) is 18.2 Å². The standard InChI is InChI=1S/C13H8ClNO6S2/c14-7-1-3-8(4-2-7)23(20,21)11-6-22-12(15-11)9(16)5-10(17)13(18)19/h1-6,17H,(H,18,19). The summed E-state index contributed by atoms with van der Waals surface area (Å²) in [5.41, 5.74) is 0. The smallest absolute Gasteiger partial charge is 0.371 e. The van der Waals surface area contributed by atoms with Crippen LogP contribution < -0.4 is 0 Å². The molecule has 0 aliphatic rings. The number of carboxylic acids is 1. The van der Waals surface area contributed by atoms with Gasteiger partial charge in [0.05, 0.1) is 4.90 Å². The molecule has 120 valence electrons. The number of thiazole rings is 1. The molecule has 2 rings (SSSR count). The highest BCUT2D eigenvalue weighted by atomic mass is 35.5. The zero-order valence-electron chi connectivity index (χ0n) is 11.1. The second-order valence-corrected chi connectivity index (χ2v) is 7.34. The van der Waals surface area contributed by atoms with Crippen molar-refractivity contribution in [1.29, 1.82) is 0 Å². The molecule has 0 amide bonds. The van der Waals surface area contributed by atoms with E-state index in [9.17, 15) is 18.0 Å². The maximum atomic E-state index is 12.3. The van der Waals surface area contributed by atoms with Gasteiger partial charge in [0, 0.05) is 16.5 Å². The van der Waals surface area contributed by atoms with Gasteiger partial charge in [0.15, 0.2) is 10.0 Å². The number of aliphatic hydroxyl groups excluding tert-OH is 1. The van der Waals surface area contributed by atoms with Crippen molar-refractivity contribution in [2.45, 2.75) is 9.92 Å². The minimum absolute atomic E-state index is 0.0462. The van der Waals surface area contributed by atoms with Gasteiger partial charge in [-0.3, -0.25) is 4.79 Å². The Balaban J connectivity index is 2.35. The van der Waals surface area contributed by atoms with Crippen LogP contribution in [0.1, 0.15) is 9.80 Å². The van der Waals surface area contributed by atoms with Crippen molar-refractivity contribution in [3.63, 3.8) is 0 Å². The van der Waals surface area contributed by atoms with Gasteiger partial charge in [-0.05, 0) is 24.3 Å². The first-order valence-electron chi connectivity index (χ1n) is 5.86. The minimum Gasteiger partial charge on any atom is -0.502 e. The van der Waals surface area contributed by atoms with Crippen LogP contribution in [0.5, 0.6) is 0 Å². The third-order valence-corrected chi connectivity index (χ3v) is 5.49. The van der Waals surface area contributed by atoms with Crippen LogP contribution in [-0.2, 0) is 14.6 Å². The number of aliphatic carboxylic acids is 1. The predicted molar refractivity (Wildman–Crippen MR) is 81.7 cm³/mol. The van der Waals surface area contributed by atoms with Crippen molar-refractivity contribution < 1.29 is 28.2 Å². The molecule has 0 saturated carbocycles. The Morgan fingerprint density at radius 2 is 1.78 bits per heavy atom. The number of sulfone groups is 1. The topological polar surface area (TPSA) is 122 Å². The highest BCUT2D eigenvalue weighted by Crippen LogP contribution is 2.24. The van der Waals surface area contributed by atoms with E-state index in [-0.39, 0.29) is 14.9 Å². The van der Waals surface area contributed by atoms with Crippen LogP contribution in [-0.4, -0.2) is 35.4 Å². The number of carbonyl (C=O) groups is 2. The van der Waals surface area contributed by atoms with Crippen LogP contribution in [0.3, 0.4) is 0 Å². The van der Waals surface area contributed by atoms with E-state index in [1.165, 1.54) is 24.3 Å². The van der Waals surface area contributed by atoms with Gasteiger partial charge in [-0.15, -0.1) is 11.3 Å². The maximum Gasteiger partial charge on any atom is 0.371 e. The van der Waals surface area contributed by atoms with Crippen molar-refractivity contribution in [3.8, 4) is 0 Å². The number of carbonyl (C=O) groups excluding carboxylic acids is 1. The first-order valence-corrected chi connectivity index (χ1v) is 8.60. The number of aliphatic hydroxyl groups is 1. The Labute approximate surface area is 139 Å². The molecule has 2 aromatic rings. The van der Waals surface area contributed by atoms with Gasteiger partial charge in [-0.2, -0.15) is 0 Å². The van der Waals surface area contributed by atoms with Gasteiger partial charge in [0.2, 0.25) is 21.4 Å². The number of carboxylic acid groups (broad SMARTS) is 1. The lowest BCUT2D eigenvalue weighted by molar-refractivity contribution is -0.135. The molecular formula is C13H8ClNO6S2. The van der Waals surface area contributed by atoms with Crippen LogP contribution in [0.4, 0.5) is 0 Å². The van der Waals surface area contributed by atoms with Crippen molar-refractivity contribution in [2.75, 3.05) is 0 Å². The van der Waals surface area contributed by atoms with Gasteiger partial charge >= 0.3 is 5.97 Å². The minimum atomic E-state index is -3.92. The van der Waals surface area contributed by atoms with E-state index in [1.807, 2.05) is 0 Å². The number of allylic oxidation sites excluding steroid dienone is 1. The van der Waals surface area contributed by atoms with E-state index in [0.29, 0.717) is 11.1 Å². The molecular weight excluding hydrogens is 366 g/mol. The van der Waals surface area contributed by atoms with Crippen LogP contribution in [0.25, 0.3) is 0 Å². The second-order valence-electron chi connectivity index (χ2n) is 4.15. The molecule has 2 N–H and O–H groups in total. The van der Waals surface area contributed by atoms with E-state index in [4.69, 9.17) is 21.8 Å². The normalized spacial score (nSPS) is 12.1. The summed E-state index contributed by atoms with van der Waals surface area (Å²) in [7, 11) is -3.92. The lowest BCUT2D eigenvalue weighted by Gasteiger charge is -2.00. The first-order chi connectivity index (χ1) is 10.7. The van der Waals surface area contributed by atoms with Crippen LogP contribution in [0, 0.1) is 0 Å². The van der Waals surface area contributed by atoms with E-state index in [2.05, 4.69) is 4.98 Å². The molecule has 1 aromatic carbocycles. The van der Waals surface area contributed by atoms with Crippen LogP contribution in [0.15, 0.2) is 51.4 Å². The average molecular weight is 374 g/mol. The van der Waals surface area contributed by atoms with Gasteiger partial charge in [0.25, 0.3) is 0 Å². The number of nitrogens with zero attached hydrogens (tertiary/aromatic N) is 1. The number of halogens is 1. The number of hydrogen-bond donors (Lipinski definition) is 2. The Morgan fingerprint density at radius 1 is 1.17 bits per heavy atom. The molecule has 1 aromatic heterocycles. The number of benzene rings is 1. The van der Waals surface area contributed by atoms with Crippen molar-refractivity contribution in [2.24, 2.45) is 0 Å². The summed E-state index contributed by atoms with van der Waals surface area (Å²) in [5.74, 6) is -3.75. The molecule has 23 heavy (non-hydrogen) atoms. The quantitative estimate of drug-likeness (QED) is 0.468. The molecule has 0 radical (unpaired) electrons. The van der Waals surface area contributed by atoms with Gasteiger partial charge in [0.1, 0.15) is 0 Å². The monoisotopic (exact) mass is 373 g/mol. The largest absolute Gasteiger partial charge is 0.502 e. The highest BCUT2D eigenvalue weighted by molar-refractivity contribution is 7.91. The van der Waals surface area contributed by atoms with Crippen LogP contribution in [0.2, 0.25) is 5.02 Å². The molecule has 10 heteroatoms. The Morgan fingerprint density at radius 3 is 2.35 bits per heavy atom. The van der Waals surface area contributed by atoms with Crippen molar-refractivity contribution >= 4 is 44.5 Å². The molecule has 0 aliphatic carbocycles. The van der Waals surface area contributed by atoms with Crippen molar-refractivity contribution in [3.05, 3.63) is 51.5 Å². The van der Waals surface area contributed by atoms with E-state index in [0.717, 1.165) is 16.7 Å². The zero-order valence-corrected chi connectivity index (χ0v) is 13.5. The van der Waals surface area contributed by atoms with E-state index < -0.39 is 27.3 Å². The summed E-state index contributed by atoms with van der Waals surface area (Å²) in [4.78, 5) is 25.8. The molecule has 0 saturated heterocycles. The fourth-order valence-electron chi connectivity index (χ4n) is 1.48. The highest BCUT2D eigenvalue weighted by Gasteiger charge is 2.23. The molecule has 1 heterocycles. The molecule has 0 unspecified atom stereocenters. The number of aromatic nitrogens is 1. The molecule has 0 fully saturated rings. The Bertz CT molecular complexity index is 899. The fourth-order valence-corrected chi connectivity index (χ4v) is 3.85. The van der Waals surface area contributed by atoms with Crippen molar-refractivity contribution in [1.82, 2.24) is 4.98 Å². The summed E-state index contributed by atoms with van der Waals surface area (Å²) >= 11 is 6.42. The molecule has 0 bridgehead atoms. The molecule has 0 aliphatic heterocycles. The lowest BCUT2D eigenvalue weighted by atomic mass is 10.3. The fraction of sp³-hybridized carbons (Fsp3) is 0. The number of rotatable bonds is 5. The molecule has 0 atom stereocenters. The number of hydrogen-bond acceptors (Lipinski definition) is 7. The Kier molecular flexibility index (Phi) is 4.83. The summed E-state index contributed by atoms with van der Waals surface area (Å²) in [6, 6.07) is 5.41. The average Bonchev–Trinajstić information content (AvgIpc) is 2.98. The molecule has 7 nitrogen and oxygen atoms in total. The number of ketones is 1. The Hall–Kier alpha value is -2.23.